The van der Waals surface area contributed by atoms with E-state index in [1.807, 2.05) is 0 Å². The maximum atomic E-state index is 10.8. The molecule has 1 rings (SSSR count). The predicted octanol–water partition coefficient (Wildman–Crippen LogP) is 0.410. The van der Waals surface area contributed by atoms with Gasteiger partial charge in [0.2, 0.25) is 10.0 Å². The van der Waals surface area contributed by atoms with Gasteiger partial charge >= 0.3 is 0 Å². The molecule has 0 spiro atoms. The van der Waals surface area contributed by atoms with Crippen LogP contribution in [-0.2, 0) is 10.0 Å². The van der Waals surface area contributed by atoms with E-state index in [0.29, 0.717) is 12.6 Å². The standard InChI is InChI=1S/C9H20N2O2S/c1-3-11-8-4-5-9(11)6-7-10-14(2,12)13/h9-10H,3-8H2,1-2H3. The van der Waals surface area contributed by atoms with Gasteiger partial charge in [-0.3, -0.25) is 0 Å². The fourth-order valence-corrected chi connectivity index (χ4v) is 2.54. The Labute approximate surface area is 86.7 Å². The van der Waals surface area contributed by atoms with Crippen molar-refractivity contribution < 1.29 is 8.42 Å². The normalized spacial score (nSPS) is 24.3. The van der Waals surface area contributed by atoms with Gasteiger partial charge in [0.25, 0.3) is 0 Å². The summed E-state index contributed by atoms with van der Waals surface area (Å²) in [6.45, 7) is 4.96. The van der Waals surface area contributed by atoms with Gasteiger partial charge in [-0.05, 0) is 32.4 Å². The van der Waals surface area contributed by atoms with Crippen LogP contribution in [0.3, 0.4) is 0 Å². The van der Waals surface area contributed by atoms with E-state index in [1.54, 1.807) is 0 Å². The number of likely N-dealkylation sites (tertiary alicyclic amines) is 1. The van der Waals surface area contributed by atoms with Crippen LogP contribution in [-0.4, -0.2) is 45.2 Å². The Hall–Kier alpha value is -0.130. The summed E-state index contributed by atoms with van der Waals surface area (Å²) in [5.74, 6) is 0. The van der Waals surface area contributed by atoms with Gasteiger partial charge in [0.05, 0.1) is 6.26 Å². The molecule has 1 atom stereocenters. The van der Waals surface area contributed by atoms with Crippen molar-refractivity contribution in [1.29, 1.82) is 0 Å². The second-order valence-electron chi connectivity index (χ2n) is 3.88. The van der Waals surface area contributed by atoms with Crippen molar-refractivity contribution in [3.05, 3.63) is 0 Å². The lowest BCUT2D eigenvalue weighted by Crippen LogP contribution is -2.33. The fraction of sp³-hybridized carbons (Fsp3) is 1.00. The minimum absolute atomic E-state index is 0.569. The van der Waals surface area contributed by atoms with E-state index in [4.69, 9.17) is 0 Å². The maximum absolute atomic E-state index is 10.8. The van der Waals surface area contributed by atoms with E-state index in [2.05, 4.69) is 16.5 Å². The highest BCUT2D eigenvalue weighted by molar-refractivity contribution is 7.88. The van der Waals surface area contributed by atoms with E-state index >= 15 is 0 Å². The highest BCUT2D eigenvalue weighted by atomic mass is 32.2. The van der Waals surface area contributed by atoms with Gasteiger partial charge in [-0.25, -0.2) is 13.1 Å². The molecule has 4 nitrogen and oxygen atoms in total. The van der Waals surface area contributed by atoms with Gasteiger partial charge in [0.1, 0.15) is 0 Å². The molecule has 0 amide bonds. The zero-order valence-corrected chi connectivity index (χ0v) is 9.81. The Morgan fingerprint density at radius 3 is 2.79 bits per heavy atom. The van der Waals surface area contributed by atoms with Crippen molar-refractivity contribution >= 4 is 10.0 Å². The minimum atomic E-state index is -3.01. The van der Waals surface area contributed by atoms with Gasteiger partial charge in [0, 0.05) is 12.6 Å². The summed E-state index contributed by atoms with van der Waals surface area (Å²) < 4.78 is 24.2. The summed E-state index contributed by atoms with van der Waals surface area (Å²) in [5, 5.41) is 0. The number of nitrogens with zero attached hydrogens (tertiary/aromatic N) is 1. The molecule has 14 heavy (non-hydrogen) atoms. The highest BCUT2D eigenvalue weighted by Gasteiger charge is 2.22. The minimum Gasteiger partial charge on any atom is -0.301 e. The molecular formula is C9H20N2O2S. The van der Waals surface area contributed by atoms with Crippen LogP contribution in [0.1, 0.15) is 26.2 Å². The van der Waals surface area contributed by atoms with Crippen LogP contribution in [0.5, 0.6) is 0 Å². The molecule has 0 aliphatic carbocycles. The molecular weight excluding hydrogens is 200 g/mol. The molecule has 1 heterocycles. The summed E-state index contributed by atoms with van der Waals surface area (Å²) in [6.07, 6.45) is 4.59. The molecule has 1 N–H and O–H groups in total. The Balaban J connectivity index is 2.24. The van der Waals surface area contributed by atoms with Crippen LogP contribution in [0.2, 0.25) is 0 Å². The van der Waals surface area contributed by atoms with Crippen LogP contribution in [0, 0.1) is 0 Å². The smallest absolute Gasteiger partial charge is 0.208 e. The van der Waals surface area contributed by atoms with E-state index in [0.717, 1.165) is 13.0 Å². The summed E-state index contributed by atoms with van der Waals surface area (Å²) in [7, 11) is -3.01. The van der Waals surface area contributed by atoms with E-state index in [9.17, 15) is 8.42 Å². The lowest BCUT2D eigenvalue weighted by Gasteiger charge is -2.22. The average Bonchev–Trinajstić information content (AvgIpc) is 2.49. The zero-order valence-electron chi connectivity index (χ0n) is 8.99. The summed E-state index contributed by atoms with van der Waals surface area (Å²) in [6, 6.07) is 0.578. The predicted molar refractivity (Wildman–Crippen MR) is 57.7 cm³/mol. The third-order valence-electron chi connectivity index (χ3n) is 2.75. The lowest BCUT2D eigenvalue weighted by atomic mass is 10.1. The molecule has 0 aromatic rings. The van der Waals surface area contributed by atoms with Gasteiger partial charge in [-0.2, -0.15) is 0 Å². The third-order valence-corrected chi connectivity index (χ3v) is 3.48. The van der Waals surface area contributed by atoms with Gasteiger partial charge < -0.3 is 4.90 Å². The number of sulfonamides is 1. The monoisotopic (exact) mass is 220 g/mol. The first-order valence-electron chi connectivity index (χ1n) is 5.21. The number of nitrogens with one attached hydrogen (secondary N) is 1. The van der Waals surface area contributed by atoms with Gasteiger partial charge in [0.15, 0.2) is 0 Å². The second-order valence-corrected chi connectivity index (χ2v) is 5.71. The Bertz CT molecular complexity index is 264. The van der Waals surface area contributed by atoms with Crippen LogP contribution in [0.15, 0.2) is 0 Å². The van der Waals surface area contributed by atoms with E-state index < -0.39 is 10.0 Å². The van der Waals surface area contributed by atoms with Crippen LogP contribution in [0.25, 0.3) is 0 Å². The van der Waals surface area contributed by atoms with Crippen molar-refractivity contribution in [3.8, 4) is 0 Å². The Morgan fingerprint density at radius 2 is 2.21 bits per heavy atom. The third kappa shape index (κ3) is 3.94. The Morgan fingerprint density at radius 1 is 1.50 bits per heavy atom. The molecule has 0 aromatic carbocycles. The molecule has 84 valence electrons. The molecule has 1 unspecified atom stereocenters. The van der Waals surface area contributed by atoms with Gasteiger partial charge in [-0.1, -0.05) is 6.92 Å². The quantitative estimate of drug-likeness (QED) is 0.730. The van der Waals surface area contributed by atoms with Crippen molar-refractivity contribution in [2.45, 2.75) is 32.2 Å². The lowest BCUT2D eigenvalue weighted by molar-refractivity contribution is 0.256. The van der Waals surface area contributed by atoms with Crippen molar-refractivity contribution in [2.75, 3.05) is 25.9 Å². The van der Waals surface area contributed by atoms with Crippen molar-refractivity contribution in [1.82, 2.24) is 9.62 Å². The fourth-order valence-electron chi connectivity index (χ4n) is 2.05. The number of hydrogen-bond acceptors (Lipinski definition) is 3. The second kappa shape index (κ2) is 5.09. The molecule has 0 aromatic heterocycles. The van der Waals surface area contributed by atoms with Crippen LogP contribution >= 0.6 is 0 Å². The molecule has 1 aliphatic rings. The SMILES string of the molecule is CCN1CCCC1CCNS(C)(=O)=O. The number of rotatable bonds is 5. The first-order chi connectivity index (χ1) is 6.53. The highest BCUT2D eigenvalue weighted by Crippen LogP contribution is 2.18. The average molecular weight is 220 g/mol. The molecule has 1 saturated heterocycles. The molecule has 0 bridgehead atoms. The summed E-state index contributed by atoms with van der Waals surface area (Å²) in [5.41, 5.74) is 0. The van der Waals surface area contributed by atoms with Crippen molar-refractivity contribution in [2.24, 2.45) is 0 Å². The Kier molecular flexibility index (Phi) is 4.34. The maximum Gasteiger partial charge on any atom is 0.208 e. The zero-order chi connectivity index (χ0) is 10.6. The molecule has 0 radical (unpaired) electrons. The first-order valence-corrected chi connectivity index (χ1v) is 7.10. The first kappa shape index (κ1) is 11.9. The molecule has 5 heteroatoms. The summed E-state index contributed by atoms with van der Waals surface area (Å²) in [4.78, 5) is 2.42. The van der Waals surface area contributed by atoms with E-state index in [1.165, 1.54) is 25.6 Å². The largest absolute Gasteiger partial charge is 0.301 e. The molecule has 1 fully saturated rings. The molecule has 0 saturated carbocycles. The summed E-state index contributed by atoms with van der Waals surface area (Å²) >= 11 is 0. The topological polar surface area (TPSA) is 49.4 Å². The van der Waals surface area contributed by atoms with E-state index in [-0.39, 0.29) is 0 Å². The van der Waals surface area contributed by atoms with Crippen molar-refractivity contribution in [3.63, 3.8) is 0 Å². The van der Waals surface area contributed by atoms with Gasteiger partial charge in [-0.15, -0.1) is 0 Å². The van der Waals surface area contributed by atoms with Crippen LogP contribution in [0.4, 0.5) is 0 Å². The number of hydrogen-bond donors (Lipinski definition) is 1. The van der Waals surface area contributed by atoms with Crippen LogP contribution < -0.4 is 4.72 Å². The molecule has 1 aliphatic heterocycles.